The number of hydrogen-bond donors (Lipinski definition) is 2. The predicted octanol–water partition coefficient (Wildman–Crippen LogP) is 4.72. The molecule has 6 heteroatoms. The minimum absolute atomic E-state index is 0.0611. The van der Waals surface area contributed by atoms with Crippen molar-refractivity contribution < 1.29 is 9.59 Å². The summed E-state index contributed by atoms with van der Waals surface area (Å²) in [6.45, 7) is 0.717. The normalized spacial score (nSPS) is 16.3. The number of hydrogen-bond acceptors (Lipinski definition) is 4. The summed E-state index contributed by atoms with van der Waals surface area (Å²) in [6.07, 6.45) is 5.43. The quantitative estimate of drug-likeness (QED) is 0.432. The van der Waals surface area contributed by atoms with Gasteiger partial charge in [0.05, 0.1) is 18.5 Å². The Morgan fingerprint density at radius 2 is 1.71 bits per heavy atom. The lowest BCUT2D eigenvalue weighted by atomic mass is 9.96. The molecule has 4 aromatic rings. The minimum atomic E-state index is -0.314. The first kappa shape index (κ1) is 22.7. The van der Waals surface area contributed by atoms with Crippen molar-refractivity contribution in [2.75, 3.05) is 11.9 Å². The fourth-order valence-corrected chi connectivity index (χ4v) is 4.90. The van der Waals surface area contributed by atoms with Gasteiger partial charge in [-0.2, -0.15) is 0 Å². The monoisotopic (exact) mass is 464 g/mol. The topological polar surface area (TPSA) is 88.3 Å². The molecule has 0 saturated carbocycles. The summed E-state index contributed by atoms with van der Waals surface area (Å²) in [5.41, 5.74) is 9.86. The smallest absolute Gasteiger partial charge is 0.255 e. The van der Waals surface area contributed by atoms with Crippen LogP contribution in [0, 0.1) is 0 Å². The molecule has 2 heterocycles. The Bertz CT molecular complexity index is 1330. The van der Waals surface area contributed by atoms with Crippen LogP contribution in [0.4, 0.5) is 5.69 Å². The Kier molecular flexibility index (Phi) is 6.55. The molecule has 0 spiro atoms. The molecular weight excluding hydrogens is 436 g/mol. The van der Waals surface area contributed by atoms with Gasteiger partial charge in [0, 0.05) is 30.2 Å². The van der Waals surface area contributed by atoms with E-state index in [1.165, 1.54) is 0 Å². The Balaban J connectivity index is 1.27. The van der Waals surface area contributed by atoms with Crippen LogP contribution in [0.5, 0.6) is 0 Å². The first-order chi connectivity index (χ1) is 17.1. The summed E-state index contributed by atoms with van der Waals surface area (Å²) in [4.78, 5) is 31.8. The van der Waals surface area contributed by atoms with E-state index in [1.54, 1.807) is 36.7 Å². The molecule has 1 aromatic heterocycles. The van der Waals surface area contributed by atoms with Crippen molar-refractivity contribution in [3.8, 4) is 0 Å². The highest BCUT2D eigenvalue weighted by Crippen LogP contribution is 2.29. The third kappa shape index (κ3) is 4.93. The molecule has 0 radical (unpaired) electrons. The molecule has 1 aliphatic heterocycles. The second kappa shape index (κ2) is 10.1. The Morgan fingerprint density at radius 3 is 2.51 bits per heavy atom. The third-order valence-corrected chi connectivity index (χ3v) is 6.75. The maximum absolute atomic E-state index is 13.3. The zero-order valence-electron chi connectivity index (χ0n) is 19.4. The summed E-state index contributed by atoms with van der Waals surface area (Å²) >= 11 is 0. The highest BCUT2D eigenvalue weighted by Gasteiger charge is 2.33. The Hall–Kier alpha value is -4.03. The fraction of sp³-hybridized carbons (Fsp3) is 0.207. The summed E-state index contributed by atoms with van der Waals surface area (Å²) in [6, 6.07) is 24.7. The van der Waals surface area contributed by atoms with Crippen LogP contribution in [0.25, 0.3) is 10.8 Å². The molecule has 3 N–H and O–H groups in total. The van der Waals surface area contributed by atoms with E-state index in [1.807, 2.05) is 41.3 Å². The number of carbonyl (C=O) groups is 2. The van der Waals surface area contributed by atoms with E-state index < -0.39 is 0 Å². The van der Waals surface area contributed by atoms with E-state index in [9.17, 15) is 9.59 Å². The zero-order chi connectivity index (χ0) is 24.2. The van der Waals surface area contributed by atoms with Crippen LogP contribution in [0.3, 0.4) is 0 Å². The standard InChI is InChI=1S/C29H28N4O2/c30-28(21-10-12-22(13-11-21)29(35)32-24-14-16-31-17-15-24)26-9-4-18-33(26)27(34)19-23-7-3-6-20-5-1-2-8-25(20)23/h1-3,5-8,10-17,26,28H,4,9,18-19,30H2,(H,31,32,35). The highest BCUT2D eigenvalue weighted by molar-refractivity contribution is 6.04. The molecule has 0 aliphatic carbocycles. The van der Waals surface area contributed by atoms with Crippen molar-refractivity contribution >= 4 is 28.3 Å². The highest BCUT2D eigenvalue weighted by atomic mass is 16.2. The van der Waals surface area contributed by atoms with Gasteiger partial charge in [-0.25, -0.2) is 0 Å². The molecule has 35 heavy (non-hydrogen) atoms. The van der Waals surface area contributed by atoms with Crippen LogP contribution in [0.1, 0.15) is 40.4 Å². The van der Waals surface area contributed by atoms with Gasteiger partial charge in [0.15, 0.2) is 0 Å². The molecular formula is C29H28N4O2. The van der Waals surface area contributed by atoms with Crippen LogP contribution < -0.4 is 11.1 Å². The number of nitrogens with two attached hydrogens (primary N) is 1. The van der Waals surface area contributed by atoms with Gasteiger partial charge in [0.25, 0.3) is 5.91 Å². The number of aromatic nitrogens is 1. The van der Waals surface area contributed by atoms with Crippen molar-refractivity contribution in [1.82, 2.24) is 9.88 Å². The second-order valence-electron chi connectivity index (χ2n) is 8.95. The van der Waals surface area contributed by atoms with Crippen molar-refractivity contribution in [2.24, 2.45) is 5.73 Å². The lowest BCUT2D eigenvalue weighted by molar-refractivity contribution is -0.131. The number of nitrogens with zero attached hydrogens (tertiary/aromatic N) is 2. The van der Waals surface area contributed by atoms with Crippen LogP contribution >= 0.6 is 0 Å². The SMILES string of the molecule is NC(c1ccc(C(=O)Nc2ccncc2)cc1)C1CCCN1C(=O)Cc1cccc2ccccc12. The summed E-state index contributed by atoms with van der Waals surface area (Å²) in [5.74, 6) is -0.0864. The van der Waals surface area contributed by atoms with Gasteiger partial charge in [-0.1, -0.05) is 54.6 Å². The van der Waals surface area contributed by atoms with Gasteiger partial charge in [-0.15, -0.1) is 0 Å². The van der Waals surface area contributed by atoms with Gasteiger partial charge < -0.3 is 16.0 Å². The molecule has 1 fully saturated rings. The summed E-state index contributed by atoms with van der Waals surface area (Å²) < 4.78 is 0. The van der Waals surface area contributed by atoms with Gasteiger partial charge in [0.2, 0.25) is 5.91 Å². The van der Waals surface area contributed by atoms with E-state index in [2.05, 4.69) is 28.5 Å². The molecule has 3 aromatic carbocycles. The summed E-state index contributed by atoms with van der Waals surface area (Å²) in [7, 11) is 0. The molecule has 176 valence electrons. The lowest BCUT2D eigenvalue weighted by Crippen LogP contribution is -2.42. The Morgan fingerprint density at radius 1 is 0.971 bits per heavy atom. The largest absolute Gasteiger partial charge is 0.338 e. The zero-order valence-corrected chi connectivity index (χ0v) is 19.4. The third-order valence-electron chi connectivity index (χ3n) is 6.75. The number of carbonyl (C=O) groups excluding carboxylic acids is 2. The van der Waals surface area contributed by atoms with Crippen LogP contribution in [0.2, 0.25) is 0 Å². The van der Waals surface area contributed by atoms with E-state index in [0.29, 0.717) is 24.2 Å². The fourth-order valence-electron chi connectivity index (χ4n) is 4.90. The molecule has 2 amide bonds. The number of anilines is 1. The number of likely N-dealkylation sites (tertiary alicyclic amines) is 1. The molecule has 2 atom stereocenters. The van der Waals surface area contributed by atoms with Crippen LogP contribution in [0.15, 0.2) is 91.3 Å². The average molecular weight is 465 g/mol. The van der Waals surface area contributed by atoms with Crippen LogP contribution in [-0.2, 0) is 11.2 Å². The van der Waals surface area contributed by atoms with Crippen LogP contribution in [-0.4, -0.2) is 34.3 Å². The number of nitrogens with one attached hydrogen (secondary N) is 1. The van der Waals surface area contributed by atoms with Crippen molar-refractivity contribution in [2.45, 2.75) is 31.3 Å². The number of benzene rings is 3. The molecule has 2 unspecified atom stereocenters. The maximum Gasteiger partial charge on any atom is 0.255 e. The number of rotatable bonds is 6. The Labute approximate surface area is 204 Å². The van der Waals surface area contributed by atoms with E-state index in [0.717, 1.165) is 34.7 Å². The molecule has 5 rings (SSSR count). The molecule has 1 saturated heterocycles. The first-order valence-corrected chi connectivity index (χ1v) is 11.9. The lowest BCUT2D eigenvalue weighted by Gasteiger charge is -2.30. The maximum atomic E-state index is 13.3. The first-order valence-electron chi connectivity index (χ1n) is 11.9. The summed E-state index contributed by atoms with van der Waals surface area (Å²) in [5, 5.41) is 5.11. The second-order valence-corrected chi connectivity index (χ2v) is 8.95. The predicted molar refractivity (Wildman–Crippen MR) is 138 cm³/mol. The van der Waals surface area contributed by atoms with Gasteiger partial charge in [-0.05, 0) is 59.0 Å². The van der Waals surface area contributed by atoms with Gasteiger partial charge in [0.1, 0.15) is 0 Å². The molecule has 0 bridgehead atoms. The van der Waals surface area contributed by atoms with Gasteiger partial charge in [-0.3, -0.25) is 14.6 Å². The van der Waals surface area contributed by atoms with E-state index in [4.69, 9.17) is 5.73 Å². The molecule has 6 nitrogen and oxygen atoms in total. The van der Waals surface area contributed by atoms with Crippen molar-refractivity contribution in [3.05, 3.63) is 108 Å². The minimum Gasteiger partial charge on any atom is -0.338 e. The number of fused-ring (bicyclic) bond motifs is 1. The average Bonchev–Trinajstić information content (AvgIpc) is 3.39. The number of amides is 2. The van der Waals surface area contributed by atoms with E-state index >= 15 is 0 Å². The van der Waals surface area contributed by atoms with Crippen molar-refractivity contribution in [1.29, 1.82) is 0 Å². The van der Waals surface area contributed by atoms with E-state index in [-0.39, 0.29) is 23.9 Å². The van der Waals surface area contributed by atoms with Crippen molar-refractivity contribution in [3.63, 3.8) is 0 Å². The van der Waals surface area contributed by atoms with Gasteiger partial charge >= 0.3 is 0 Å². The molecule has 1 aliphatic rings. The number of pyridine rings is 1.